The number of rotatable bonds is 3. The summed E-state index contributed by atoms with van der Waals surface area (Å²) in [5.41, 5.74) is 4.10. The number of nitrogens with two attached hydrogens (primary N) is 1. The Bertz CT molecular complexity index is 109. The van der Waals surface area contributed by atoms with Gasteiger partial charge in [0.1, 0.15) is 0 Å². The molecule has 3 N–H and O–H groups in total. The lowest BCUT2D eigenvalue weighted by atomic mass is 9.97. The molecule has 1 unspecified atom stereocenters. The Labute approximate surface area is 59.0 Å². The summed E-state index contributed by atoms with van der Waals surface area (Å²) in [6, 6.07) is 0. The van der Waals surface area contributed by atoms with Gasteiger partial charge in [-0.1, -0.05) is 0 Å². The highest BCUT2D eigenvalue weighted by Gasteiger charge is 2.31. The zero-order valence-corrected chi connectivity index (χ0v) is 6.19. The monoisotopic (exact) mass is 153 g/mol. The van der Waals surface area contributed by atoms with Crippen LogP contribution in [0.3, 0.4) is 0 Å². The quantitative estimate of drug-likeness (QED) is 0.628. The molecule has 0 bridgehead atoms. The van der Waals surface area contributed by atoms with E-state index in [1.807, 2.05) is 0 Å². The summed E-state index contributed by atoms with van der Waals surface area (Å²) in [6.45, 7) is 1.76. The molecule has 1 atom stereocenters. The number of aliphatic hydroxyl groups excluding tert-OH is 1. The molecule has 0 saturated carbocycles. The van der Waals surface area contributed by atoms with Gasteiger partial charge in [-0.25, -0.2) is 8.78 Å². The molecule has 10 heavy (non-hydrogen) atoms. The molecule has 62 valence electrons. The van der Waals surface area contributed by atoms with Gasteiger partial charge < -0.3 is 10.8 Å². The fraction of sp³-hybridized carbons (Fsp3) is 1.00. The molecule has 0 aliphatic carbocycles. The van der Waals surface area contributed by atoms with Gasteiger partial charge in [0.05, 0.1) is 6.61 Å². The Balaban J connectivity index is 3.89. The van der Waals surface area contributed by atoms with Crippen molar-refractivity contribution in [2.45, 2.75) is 31.7 Å². The van der Waals surface area contributed by atoms with Gasteiger partial charge in [-0.3, -0.25) is 0 Å². The predicted octanol–water partition coefficient (Wildman–Crippen LogP) is 0.741. The molecule has 4 heteroatoms. The topological polar surface area (TPSA) is 46.2 Å². The van der Waals surface area contributed by atoms with E-state index < -0.39 is 24.5 Å². The zero-order valence-electron chi connectivity index (χ0n) is 6.19. The lowest BCUT2D eigenvalue weighted by Crippen LogP contribution is -2.44. The van der Waals surface area contributed by atoms with Crippen LogP contribution >= 0.6 is 0 Å². The van der Waals surface area contributed by atoms with E-state index in [9.17, 15) is 8.78 Å². The van der Waals surface area contributed by atoms with E-state index in [0.717, 1.165) is 6.92 Å². The third kappa shape index (κ3) is 4.64. The van der Waals surface area contributed by atoms with E-state index in [4.69, 9.17) is 10.8 Å². The maximum Gasteiger partial charge on any atom is 0.247 e. The van der Waals surface area contributed by atoms with Gasteiger partial charge in [0.25, 0.3) is 0 Å². The number of hydrogen-bond acceptors (Lipinski definition) is 2. The van der Waals surface area contributed by atoms with Crippen molar-refractivity contribution in [2.75, 3.05) is 6.61 Å². The van der Waals surface area contributed by atoms with Gasteiger partial charge in [0.15, 0.2) is 0 Å². The molecule has 0 aromatic heterocycles. The number of aliphatic hydroxyl groups is 1. The summed E-state index contributed by atoms with van der Waals surface area (Å²) in [5.74, 6) is -2.80. The van der Waals surface area contributed by atoms with Crippen molar-refractivity contribution in [1.29, 1.82) is 0 Å². The van der Waals surface area contributed by atoms with E-state index in [0.29, 0.717) is 0 Å². The van der Waals surface area contributed by atoms with Crippen LogP contribution in [-0.4, -0.2) is 23.2 Å². The Hall–Kier alpha value is -0.220. The number of hydrogen-bond donors (Lipinski definition) is 2. The highest BCUT2D eigenvalue weighted by Crippen LogP contribution is 2.23. The largest absolute Gasteiger partial charge is 0.394 e. The molecule has 0 aliphatic heterocycles. The third-order valence-corrected chi connectivity index (χ3v) is 1.08. The summed E-state index contributed by atoms with van der Waals surface area (Å²) >= 11 is 0. The first-order valence-corrected chi connectivity index (χ1v) is 3.04. The first kappa shape index (κ1) is 9.78. The number of alkyl halides is 2. The smallest absolute Gasteiger partial charge is 0.247 e. The van der Waals surface area contributed by atoms with Crippen LogP contribution in [0.5, 0.6) is 0 Å². The molecule has 0 saturated heterocycles. The molecular formula is C6H13F2NO. The van der Waals surface area contributed by atoms with Crippen LogP contribution in [0.4, 0.5) is 8.78 Å². The molecule has 0 amide bonds. The molecular weight excluding hydrogens is 140 g/mol. The van der Waals surface area contributed by atoms with Crippen molar-refractivity contribution in [3.63, 3.8) is 0 Å². The second-order valence-electron chi connectivity index (χ2n) is 3.06. The van der Waals surface area contributed by atoms with Crippen molar-refractivity contribution < 1.29 is 13.9 Å². The van der Waals surface area contributed by atoms with Crippen molar-refractivity contribution in [3.05, 3.63) is 0 Å². The highest BCUT2D eigenvalue weighted by molar-refractivity contribution is 4.82. The van der Waals surface area contributed by atoms with Gasteiger partial charge in [0, 0.05) is 12.0 Å². The average molecular weight is 153 g/mol. The Morgan fingerprint density at radius 2 is 1.80 bits per heavy atom. The minimum Gasteiger partial charge on any atom is -0.394 e. The van der Waals surface area contributed by atoms with E-state index in [1.54, 1.807) is 0 Å². The Morgan fingerprint density at radius 1 is 1.40 bits per heavy atom. The summed E-state index contributed by atoms with van der Waals surface area (Å²) in [5, 5.41) is 8.50. The van der Waals surface area contributed by atoms with Crippen molar-refractivity contribution >= 4 is 0 Å². The standard InChI is InChI=1S/C6H13F2NO/c1-5(9,4-10)3-6(2,7)8/h10H,3-4,9H2,1-2H3. The molecule has 0 aliphatic rings. The van der Waals surface area contributed by atoms with Gasteiger partial charge in [-0.05, 0) is 13.8 Å². The molecule has 0 radical (unpaired) electrons. The minimum atomic E-state index is -2.80. The van der Waals surface area contributed by atoms with Crippen LogP contribution < -0.4 is 5.73 Å². The van der Waals surface area contributed by atoms with Crippen molar-refractivity contribution in [1.82, 2.24) is 0 Å². The van der Waals surface area contributed by atoms with Gasteiger partial charge in [-0.15, -0.1) is 0 Å². The fourth-order valence-electron chi connectivity index (χ4n) is 0.765. The Morgan fingerprint density at radius 3 is 1.90 bits per heavy atom. The molecule has 0 heterocycles. The second-order valence-corrected chi connectivity index (χ2v) is 3.06. The average Bonchev–Trinajstić information content (AvgIpc) is 1.60. The second kappa shape index (κ2) is 2.80. The maximum atomic E-state index is 12.2. The molecule has 0 spiro atoms. The molecule has 0 aromatic carbocycles. The summed E-state index contributed by atoms with van der Waals surface area (Å²) in [7, 11) is 0. The van der Waals surface area contributed by atoms with Crippen LogP contribution in [0, 0.1) is 0 Å². The number of halogens is 2. The summed E-state index contributed by atoms with van der Waals surface area (Å²) in [4.78, 5) is 0. The first-order chi connectivity index (χ1) is 4.27. The Kier molecular flexibility index (Phi) is 2.74. The first-order valence-electron chi connectivity index (χ1n) is 3.04. The minimum absolute atomic E-state index is 0.420. The molecule has 0 rings (SSSR count). The van der Waals surface area contributed by atoms with Crippen LogP contribution in [-0.2, 0) is 0 Å². The summed E-state index contributed by atoms with van der Waals surface area (Å²) in [6.07, 6.45) is -0.490. The highest BCUT2D eigenvalue weighted by atomic mass is 19.3. The SMILES string of the molecule is CC(F)(F)CC(C)(N)CO. The van der Waals surface area contributed by atoms with Crippen molar-refractivity contribution in [3.8, 4) is 0 Å². The van der Waals surface area contributed by atoms with E-state index in [1.165, 1.54) is 6.92 Å². The zero-order chi connectivity index (χ0) is 8.41. The van der Waals surface area contributed by atoms with E-state index >= 15 is 0 Å². The van der Waals surface area contributed by atoms with Crippen LogP contribution in [0.25, 0.3) is 0 Å². The molecule has 2 nitrogen and oxygen atoms in total. The van der Waals surface area contributed by atoms with Crippen LogP contribution in [0.1, 0.15) is 20.3 Å². The lowest BCUT2D eigenvalue weighted by molar-refractivity contribution is -0.0158. The lowest BCUT2D eigenvalue weighted by Gasteiger charge is -2.24. The van der Waals surface area contributed by atoms with Crippen molar-refractivity contribution in [2.24, 2.45) is 5.73 Å². The normalized spacial score (nSPS) is 18.6. The fourth-order valence-corrected chi connectivity index (χ4v) is 0.765. The van der Waals surface area contributed by atoms with Gasteiger partial charge in [-0.2, -0.15) is 0 Å². The molecule has 0 fully saturated rings. The van der Waals surface area contributed by atoms with Gasteiger partial charge in [0.2, 0.25) is 5.92 Å². The predicted molar refractivity (Wildman–Crippen MR) is 34.9 cm³/mol. The van der Waals surface area contributed by atoms with E-state index in [2.05, 4.69) is 0 Å². The summed E-state index contributed by atoms with van der Waals surface area (Å²) < 4.78 is 24.4. The molecule has 0 aromatic rings. The maximum absolute atomic E-state index is 12.2. The third-order valence-electron chi connectivity index (χ3n) is 1.08. The van der Waals surface area contributed by atoms with Gasteiger partial charge >= 0.3 is 0 Å². The van der Waals surface area contributed by atoms with Crippen LogP contribution in [0.2, 0.25) is 0 Å². The van der Waals surface area contributed by atoms with Crippen LogP contribution in [0.15, 0.2) is 0 Å². The van der Waals surface area contributed by atoms with E-state index in [-0.39, 0.29) is 0 Å².